The van der Waals surface area contributed by atoms with E-state index in [9.17, 15) is 9.59 Å². The third kappa shape index (κ3) is 2.93. The molecule has 0 saturated heterocycles. The van der Waals surface area contributed by atoms with Crippen molar-refractivity contribution in [1.29, 1.82) is 0 Å². The Labute approximate surface area is 128 Å². The summed E-state index contributed by atoms with van der Waals surface area (Å²) in [6, 6.07) is 13.0. The molecule has 112 valence electrons. The van der Waals surface area contributed by atoms with Gasteiger partial charge in [-0.05, 0) is 30.2 Å². The molecule has 0 aromatic heterocycles. The number of amides is 2. The molecule has 0 atom stereocenters. The lowest BCUT2D eigenvalue weighted by molar-refractivity contribution is -0.118. The normalized spacial score (nSPS) is 12.9. The number of benzene rings is 2. The van der Waals surface area contributed by atoms with Crippen LogP contribution >= 0.6 is 0 Å². The number of aryl methyl sites for hydroxylation is 1. The lowest BCUT2D eigenvalue weighted by Gasteiger charge is -2.20. The summed E-state index contributed by atoms with van der Waals surface area (Å²) in [6.45, 7) is 1.97. The quantitative estimate of drug-likeness (QED) is 0.914. The molecule has 0 spiro atoms. The number of rotatable bonds is 3. The van der Waals surface area contributed by atoms with E-state index in [0.29, 0.717) is 17.1 Å². The highest BCUT2D eigenvalue weighted by atomic mass is 16.5. The van der Waals surface area contributed by atoms with E-state index in [1.807, 2.05) is 31.2 Å². The molecule has 1 aliphatic rings. The third-order valence-electron chi connectivity index (χ3n) is 3.54. The number of para-hydroxylation sites is 1. The molecule has 5 nitrogen and oxygen atoms in total. The fraction of sp³-hybridized carbons (Fsp3) is 0.176. The topological polar surface area (TPSA) is 67.4 Å². The highest BCUT2D eigenvalue weighted by Crippen LogP contribution is 2.34. The highest BCUT2D eigenvalue weighted by molar-refractivity contribution is 6.03. The average molecular weight is 296 g/mol. The van der Waals surface area contributed by atoms with Crippen molar-refractivity contribution in [3.8, 4) is 5.75 Å². The Kier molecular flexibility index (Phi) is 3.78. The van der Waals surface area contributed by atoms with Crippen molar-refractivity contribution in [1.82, 2.24) is 0 Å². The van der Waals surface area contributed by atoms with Crippen LogP contribution in [-0.4, -0.2) is 18.4 Å². The van der Waals surface area contributed by atoms with E-state index in [2.05, 4.69) is 10.6 Å². The molecule has 1 aliphatic heterocycles. The Morgan fingerprint density at radius 1 is 1.23 bits per heavy atom. The molecule has 5 heteroatoms. The van der Waals surface area contributed by atoms with Crippen LogP contribution in [0.25, 0.3) is 0 Å². The molecule has 3 rings (SSSR count). The maximum atomic E-state index is 12.2. The standard InChI is InChI=1S/C17H16N2O3/c1-11-5-2-3-6-12(11)9-15(20)18-13-7-4-8-14-17(13)19-16(21)10-22-14/h2-8H,9-10H2,1H3,(H,18,20)(H,19,21). The molecule has 0 bridgehead atoms. The average Bonchev–Trinajstić information content (AvgIpc) is 2.50. The minimum absolute atomic E-state index is 0.00634. The van der Waals surface area contributed by atoms with E-state index >= 15 is 0 Å². The van der Waals surface area contributed by atoms with Crippen LogP contribution < -0.4 is 15.4 Å². The molecule has 22 heavy (non-hydrogen) atoms. The molecular formula is C17H16N2O3. The number of ether oxygens (including phenoxy) is 1. The Bertz CT molecular complexity index is 740. The van der Waals surface area contributed by atoms with Gasteiger partial charge < -0.3 is 15.4 Å². The van der Waals surface area contributed by atoms with Crippen LogP contribution in [0.1, 0.15) is 11.1 Å². The summed E-state index contributed by atoms with van der Waals surface area (Å²) in [5.74, 6) is 0.198. The van der Waals surface area contributed by atoms with Crippen molar-refractivity contribution in [2.75, 3.05) is 17.2 Å². The Morgan fingerprint density at radius 3 is 2.86 bits per heavy atom. The van der Waals surface area contributed by atoms with Gasteiger partial charge in [0, 0.05) is 0 Å². The Morgan fingerprint density at radius 2 is 2.05 bits per heavy atom. The fourth-order valence-corrected chi connectivity index (χ4v) is 2.38. The number of anilines is 2. The van der Waals surface area contributed by atoms with Crippen molar-refractivity contribution in [3.05, 3.63) is 53.6 Å². The van der Waals surface area contributed by atoms with E-state index in [0.717, 1.165) is 11.1 Å². The molecule has 0 aliphatic carbocycles. The molecule has 1 heterocycles. The number of carbonyl (C=O) groups excluding carboxylic acids is 2. The molecular weight excluding hydrogens is 280 g/mol. The molecule has 0 radical (unpaired) electrons. The number of hydrogen-bond donors (Lipinski definition) is 2. The fourth-order valence-electron chi connectivity index (χ4n) is 2.38. The zero-order valence-electron chi connectivity index (χ0n) is 12.2. The predicted molar refractivity (Wildman–Crippen MR) is 84.1 cm³/mol. The van der Waals surface area contributed by atoms with Gasteiger partial charge in [0.2, 0.25) is 5.91 Å². The highest BCUT2D eigenvalue weighted by Gasteiger charge is 2.20. The van der Waals surface area contributed by atoms with Gasteiger partial charge in [0.05, 0.1) is 12.1 Å². The minimum Gasteiger partial charge on any atom is -0.481 e. The number of carbonyl (C=O) groups is 2. The van der Waals surface area contributed by atoms with E-state index < -0.39 is 0 Å². The van der Waals surface area contributed by atoms with E-state index in [1.165, 1.54) is 0 Å². The minimum atomic E-state index is -0.229. The van der Waals surface area contributed by atoms with Gasteiger partial charge in [0.25, 0.3) is 5.91 Å². The molecule has 0 fully saturated rings. The van der Waals surface area contributed by atoms with Gasteiger partial charge in [0.1, 0.15) is 11.4 Å². The van der Waals surface area contributed by atoms with Crippen LogP contribution in [0.4, 0.5) is 11.4 Å². The first-order valence-electron chi connectivity index (χ1n) is 7.03. The monoisotopic (exact) mass is 296 g/mol. The van der Waals surface area contributed by atoms with Gasteiger partial charge in [-0.3, -0.25) is 9.59 Å². The lowest BCUT2D eigenvalue weighted by atomic mass is 10.1. The van der Waals surface area contributed by atoms with Crippen LogP contribution in [0.5, 0.6) is 5.75 Å². The van der Waals surface area contributed by atoms with E-state index in [1.54, 1.807) is 18.2 Å². The maximum absolute atomic E-state index is 12.2. The van der Waals surface area contributed by atoms with Gasteiger partial charge in [-0.2, -0.15) is 0 Å². The summed E-state index contributed by atoms with van der Waals surface area (Å²) < 4.78 is 5.33. The van der Waals surface area contributed by atoms with Crippen LogP contribution in [0.2, 0.25) is 0 Å². The lowest BCUT2D eigenvalue weighted by Crippen LogP contribution is -2.27. The predicted octanol–water partition coefficient (Wildman–Crippen LogP) is 2.51. The van der Waals surface area contributed by atoms with E-state index in [-0.39, 0.29) is 24.8 Å². The molecule has 2 amide bonds. The second-order valence-corrected chi connectivity index (χ2v) is 5.17. The zero-order chi connectivity index (χ0) is 15.5. The maximum Gasteiger partial charge on any atom is 0.262 e. The molecule has 2 aromatic rings. The van der Waals surface area contributed by atoms with E-state index in [4.69, 9.17) is 4.74 Å². The molecule has 0 unspecified atom stereocenters. The van der Waals surface area contributed by atoms with Crippen LogP contribution in [0, 0.1) is 6.92 Å². The molecule has 2 N–H and O–H groups in total. The first-order valence-corrected chi connectivity index (χ1v) is 7.03. The van der Waals surface area contributed by atoms with Crippen molar-refractivity contribution >= 4 is 23.2 Å². The molecule has 0 saturated carbocycles. The first-order chi connectivity index (χ1) is 10.6. The second-order valence-electron chi connectivity index (χ2n) is 5.17. The van der Waals surface area contributed by atoms with Crippen molar-refractivity contribution in [2.24, 2.45) is 0 Å². The van der Waals surface area contributed by atoms with Gasteiger partial charge in [-0.25, -0.2) is 0 Å². The van der Waals surface area contributed by atoms with Crippen LogP contribution in [-0.2, 0) is 16.0 Å². The Balaban J connectivity index is 1.78. The Hall–Kier alpha value is -2.82. The van der Waals surface area contributed by atoms with Crippen LogP contribution in [0.3, 0.4) is 0 Å². The largest absolute Gasteiger partial charge is 0.481 e. The number of hydrogen-bond acceptors (Lipinski definition) is 3. The van der Waals surface area contributed by atoms with Gasteiger partial charge in [0.15, 0.2) is 6.61 Å². The number of fused-ring (bicyclic) bond motifs is 1. The van der Waals surface area contributed by atoms with Gasteiger partial charge in [-0.15, -0.1) is 0 Å². The summed E-state index contributed by atoms with van der Waals surface area (Å²) in [5, 5.41) is 5.56. The van der Waals surface area contributed by atoms with Crippen molar-refractivity contribution in [2.45, 2.75) is 13.3 Å². The van der Waals surface area contributed by atoms with Gasteiger partial charge >= 0.3 is 0 Å². The second kappa shape index (κ2) is 5.89. The summed E-state index contributed by atoms with van der Waals surface area (Å²) in [5.41, 5.74) is 3.11. The summed E-state index contributed by atoms with van der Waals surface area (Å²) in [7, 11) is 0. The third-order valence-corrected chi connectivity index (χ3v) is 3.54. The van der Waals surface area contributed by atoms with Gasteiger partial charge in [-0.1, -0.05) is 30.3 Å². The smallest absolute Gasteiger partial charge is 0.262 e. The van der Waals surface area contributed by atoms with Crippen molar-refractivity contribution in [3.63, 3.8) is 0 Å². The SMILES string of the molecule is Cc1ccccc1CC(=O)Nc1cccc2c1NC(=O)CO2. The zero-order valence-corrected chi connectivity index (χ0v) is 12.2. The first kappa shape index (κ1) is 14.1. The van der Waals surface area contributed by atoms with Crippen molar-refractivity contribution < 1.29 is 14.3 Å². The van der Waals surface area contributed by atoms with Crippen LogP contribution in [0.15, 0.2) is 42.5 Å². The summed E-state index contributed by atoms with van der Waals surface area (Å²) in [4.78, 5) is 23.7. The summed E-state index contributed by atoms with van der Waals surface area (Å²) >= 11 is 0. The number of nitrogens with one attached hydrogen (secondary N) is 2. The summed E-state index contributed by atoms with van der Waals surface area (Å²) in [6.07, 6.45) is 0.283. The molecule has 2 aromatic carbocycles.